The molecule has 0 aromatic heterocycles. The molecule has 0 radical (unpaired) electrons. The number of ether oxygens (including phenoxy) is 3. The molecule has 0 saturated carbocycles. The van der Waals surface area contributed by atoms with Crippen molar-refractivity contribution in [1.29, 1.82) is 0 Å². The van der Waals surface area contributed by atoms with Crippen LogP contribution in [0.15, 0.2) is 16.8 Å². The molecule has 7 N–H and O–H groups in total. The fourth-order valence-electron chi connectivity index (χ4n) is 3.27. The molecule has 1 amide bonds. The van der Waals surface area contributed by atoms with Crippen molar-refractivity contribution >= 4 is 17.8 Å². The minimum Gasteiger partial charge on any atom is -0.478 e. The molecule has 11 nitrogen and oxygen atoms in total. The number of carbonyl (C=O) groups is 2. The number of nitrogens with one attached hydrogen (secondary N) is 1. The smallest absolute Gasteiger partial charge is 0.373 e. The summed E-state index contributed by atoms with van der Waals surface area (Å²) in [5.41, 5.74) is 11.0. The molecule has 2 rings (SSSR count). The summed E-state index contributed by atoms with van der Waals surface area (Å²) in [5.74, 6) is -1.52. The predicted molar refractivity (Wildman–Crippen MR) is 102 cm³/mol. The van der Waals surface area contributed by atoms with Crippen molar-refractivity contribution in [3.63, 3.8) is 0 Å². The summed E-state index contributed by atoms with van der Waals surface area (Å²) in [6.45, 7) is 3.64. The van der Waals surface area contributed by atoms with E-state index >= 15 is 0 Å². The highest BCUT2D eigenvalue weighted by Gasteiger charge is 2.48. The van der Waals surface area contributed by atoms with E-state index in [1.54, 1.807) is 0 Å². The molecule has 11 heteroatoms. The number of carbonyl (C=O) groups excluding carboxylic acids is 2. The van der Waals surface area contributed by atoms with Crippen LogP contribution in [-0.2, 0) is 23.8 Å². The van der Waals surface area contributed by atoms with Gasteiger partial charge in [0.05, 0.1) is 24.8 Å². The van der Waals surface area contributed by atoms with Gasteiger partial charge in [-0.3, -0.25) is 4.79 Å². The fourth-order valence-corrected chi connectivity index (χ4v) is 3.27. The Bertz CT molecular complexity index is 650. The number of esters is 1. The van der Waals surface area contributed by atoms with Crippen LogP contribution in [0.25, 0.3) is 0 Å². The van der Waals surface area contributed by atoms with Crippen molar-refractivity contribution in [3.05, 3.63) is 11.8 Å². The van der Waals surface area contributed by atoms with Crippen LogP contribution in [0, 0.1) is 0 Å². The topological polar surface area (TPSA) is 179 Å². The summed E-state index contributed by atoms with van der Waals surface area (Å²) in [6, 6.07) is -1.72. The van der Waals surface area contributed by atoms with Gasteiger partial charge in [-0.05, 0) is 18.9 Å². The molecular formula is C18H30N4O7. The van der Waals surface area contributed by atoms with Crippen molar-refractivity contribution in [2.45, 2.75) is 69.6 Å². The highest BCUT2D eigenvalue weighted by atomic mass is 16.6. The van der Waals surface area contributed by atoms with E-state index in [0.717, 1.165) is 6.42 Å². The first-order valence-electron chi connectivity index (χ1n) is 9.63. The number of nitrogens with zero attached hydrogens (tertiary/aromatic N) is 1. The van der Waals surface area contributed by atoms with Crippen LogP contribution in [0.4, 0.5) is 0 Å². The van der Waals surface area contributed by atoms with Crippen molar-refractivity contribution in [2.75, 3.05) is 13.2 Å². The van der Waals surface area contributed by atoms with Crippen LogP contribution in [0.2, 0.25) is 0 Å². The Balaban J connectivity index is 2.37. The Morgan fingerprint density at radius 2 is 2.07 bits per heavy atom. The van der Waals surface area contributed by atoms with Crippen LogP contribution in [-0.4, -0.2) is 77.8 Å². The van der Waals surface area contributed by atoms with Crippen LogP contribution in [0.3, 0.4) is 0 Å². The number of nitrogens with two attached hydrogens (primary N) is 2. The highest BCUT2D eigenvalue weighted by molar-refractivity contribution is 5.87. The number of rotatable bonds is 7. The lowest BCUT2D eigenvalue weighted by Crippen LogP contribution is -2.62. The maximum atomic E-state index is 12.4. The Kier molecular flexibility index (Phi) is 8.23. The largest absolute Gasteiger partial charge is 0.478 e. The molecule has 0 spiro atoms. The van der Waals surface area contributed by atoms with E-state index in [1.807, 2.05) is 6.92 Å². The fraction of sp³-hybridized carbons (Fsp3) is 0.722. The van der Waals surface area contributed by atoms with Crippen LogP contribution in [0.5, 0.6) is 0 Å². The van der Waals surface area contributed by atoms with Crippen LogP contribution < -0.4 is 16.8 Å². The molecule has 0 aromatic rings. The molecule has 0 aromatic carbocycles. The van der Waals surface area contributed by atoms with E-state index in [1.165, 1.54) is 13.0 Å². The number of unbranched alkanes of at least 4 members (excludes halogenated alkanes) is 1. The molecule has 0 aliphatic carbocycles. The van der Waals surface area contributed by atoms with Gasteiger partial charge >= 0.3 is 5.97 Å². The van der Waals surface area contributed by atoms with Gasteiger partial charge in [0.15, 0.2) is 12.1 Å². The zero-order valence-electron chi connectivity index (χ0n) is 16.6. The van der Waals surface area contributed by atoms with E-state index in [0.29, 0.717) is 6.42 Å². The first kappa shape index (κ1) is 22.9. The quantitative estimate of drug-likeness (QED) is 0.140. The van der Waals surface area contributed by atoms with E-state index in [2.05, 4.69) is 10.3 Å². The molecule has 1 saturated heterocycles. The lowest BCUT2D eigenvalue weighted by molar-refractivity contribution is -0.186. The molecule has 2 heterocycles. The van der Waals surface area contributed by atoms with Crippen LogP contribution in [0.1, 0.15) is 33.1 Å². The molecule has 164 valence electrons. The standard InChI is InChI=1S/C18H30N4O7/c1-3-4-6-28-17(26)12-8-10(22-18(19)20)13(21-9(2)23)15(29-12)16-14(25)11(24)5-7-27-16/h8,10-11,13-16,24-25H,3-7H2,1-2H3,(H,21,23)(H4,19,20,22)/t10-,11+,13+,14+,15+,16+/m0/s1. The number of hydrogen-bond donors (Lipinski definition) is 5. The number of aliphatic imine (C=N–C) groups is 1. The summed E-state index contributed by atoms with van der Waals surface area (Å²) in [5, 5.41) is 23.1. The number of guanidine groups is 1. The van der Waals surface area contributed by atoms with Crippen molar-refractivity contribution in [3.8, 4) is 0 Å². The summed E-state index contributed by atoms with van der Waals surface area (Å²) in [6.07, 6.45) is -1.27. The molecule has 6 atom stereocenters. The van der Waals surface area contributed by atoms with Gasteiger partial charge in [-0.15, -0.1) is 0 Å². The Morgan fingerprint density at radius 1 is 1.34 bits per heavy atom. The summed E-state index contributed by atoms with van der Waals surface area (Å²) in [7, 11) is 0. The SMILES string of the molecule is CCCCOC(=O)C1=C[C@H](N=C(N)N)[C@@H](NC(C)=O)[C@H]([C@@H]2OCC[C@@H](O)[C@H]2O)O1. The molecule has 2 aliphatic rings. The van der Waals surface area contributed by atoms with E-state index in [-0.39, 0.29) is 31.4 Å². The van der Waals surface area contributed by atoms with Crippen molar-refractivity contribution in [1.82, 2.24) is 5.32 Å². The molecular weight excluding hydrogens is 384 g/mol. The monoisotopic (exact) mass is 414 g/mol. The van der Waals surface area contributed by atoms with Gasteiger partial charge in [-0.2, -0.15) is 0 Å². The summed E-state index contributed by atoms with van der Waals surface area (Å²) >= 11 is 0. The average Bonchev–Trinajstić information content (AvgIpc) is 2.64. The maximum Gasteiger partial charge on any atom is 0.373 e. The summed E-state index contributed by atoms with van der Waals surface area (Å²) < 4.78 is 16.6. The lowest BCUT2D eigenvalue weighted by Gasteiger charge is -2.43. The zero-order valence-corrected chi connectivity index (χ0v) is 16.6. The molecule has 1 fully saturated rings. The van der Waals surface area contributed by atoms with Gasteiger partial charge in [0.1, 0.15) is 12.2 Å². The first-order valence-corrected chi connectivity index (χ1v) is 9.63. The zero-order chi connectivity index (χ0) is 21.6. The first-order chi connectivity index (χ1) is 13.7. The maximum absolute atomic E-state index is 12.4. The second kappa shape index (κ2) is 10.4. The Morgan fingerprint density at radius 3 is 2.69 bits per heavy atom. The minimum atomic E-state index is -1.29. The van der Waals surface area contributed by atoms with E-state index < -0.39 is 48.4 Å². The predicted octanol–water partition coefficient (Wildman–Crippen LogP) is -1.73. The molecule has 0 bridgehead atoms. The van der Waals surface area contributed by atoms with E-state index in [4.69, 9.17) is 25.7 Å². The van der Waals surface area contributed by atoms with Gasteiger partial charge < -0.3 is 41.2 Å². The van der Waals surface area contributed by atoms with Crippen molar-refractivity contribution < 1.29 is 34.0 Å². The lowest BCUT2D eigenvalue weighted by atomic mass is 9.88. The number of amides is 1. The van der Waals surface area contributed by atoms with Gasteiger partial charge in [-0.1, -0.05) is 13.3 Å². The number of aliphatic hydroxyl groups excluding tert-OH is 2. The minimum absolute atomic E-state index is 0.154. The van der Waals surface area contributed by atoms with Gasteiger partial charge in [0, 0.05) is 13.5 Å². The van der Waals surface area contributed by atoms with Crippen LogP contribution >= 0.6 is 0 Å². The van der Waals surface area contributed by atoms with E-state index in [9.17, 15) is 19.8 Å². The van der Waals surface area contributed by atoms with Gasteiger partial charge in [0.25, 0.3) is 0 Å². The Hall–Kier alpha value is -2.37. The van der Waals surface area contributed by atoms with Gasteiger partial charge in [-0.25, -0.2) is 9.79 Å². The third-order valence-electron chi connectivity index (χ3n) is 4.69. The molecule has 29 heavy (non-hydrogen) atoms. The third kappa shape index (κ3) is 6.05. The van der Waals surface area contributed by atoms with Gasteiger partial charge in [0.2, 0.25) is 11.7 Å². The summed E-state index contributed by atoms with van der Waals surface area (Å²) in [4.78, 5) is 28.3. The number of hydrogen-bond acceptors (Lipinski definition) is 8. The number of aliphatic hydroxyl groups is 2. The van der Waals surface area contributed by atoms with Crippen molar-refractivity contribution in [2.24, 2.45) is 16.5 Å². The molecule has 2 aliphatic heterocycles. The molecule has 0 unspecified atom stereocenters. The second-order valence-electron chi connectivity index (χ2n) is 7.06. The highest BCUT2D eigenvalue weighted by Crippen LogP contribution is 2.29. The normalized spacial score (nSPS) is 31.8. The third-order valence-corrected chi connectivity index (χ3v) is 4.69. The second-order valence-corrected chi connectivity index (χ2v) is 7.06. The Labute approximate surface area is 169 Å². The average molecular weight is 414 g/mol.